The molecule has 1 aromatic heterocycles. The molecular formula is C21H22N2O. The van der Waals surface area contributed by atoms with Gasteiger partial charge in [-0.2, -0.15) is 5.10 Å². The van der Waals surface area contributed by atoms with Crippen LogP contribution in [0.2, 0.25) is 0 Å². The van der Waals surface area contributed by atoms with Crippen LogP contribution < -0.4 is 5.56 Å². The molecule has 0 amide bonds. The van der Waals surface area contributed by atoms with Crippen molar-refractivity contribution >= 4 is 0 Å². The summed E-state index contributed by atoms with van der Waals surface area (Å²) in [7, 11) is 0. The summed E-state index contributed by atoms with van der Waals surface area (Å²) in [4.78, 5) is 12.2. The molecule has 0 spiro atoms. The van der Waals surface area contributed by atoms with Crippen molar-refractivity contribution in [2.24, 2.45) is 0 Å². The molecule has 0 bridgehead atoms. The van der Waals surface area contributed by atoms with E-state index in [1.165, 1.54) is 26.9 Å². The summed E-state index contributed by atoms with van der Waals surface area (Å²) in [5, 5.41) is 4.60. The third kappa shape index (κ3) is 3.30. The van der Waals surface area contributed by atoms with E-state index in [4.69, 9.17) is 0 Å². The van der Waals surface area contributed by atoms with E-state index in [0.29, 0.717) is 6.54 Å². The molecule has 24 heavy (non-hydrogen) atoms. The fourth-order valence-electron chi connectivity index (χ4n) is 2.81. The second-order valence-electron chi connectivity index (χ2n) is 6.45. The fraction of sp³-hybridized carbons (Fsp3) is 0.238. The van der Waals surface area contributed by atoms with E-state index in [0.717, 1.165) is 16.8 Å². The third-order valence-electron chi connectivity index (χ3n) is 4.44. The van der Waals surface area contributed by atoms with E-state index < -0.39 is 0 Å². The van der Waals surface area contributed by atoms with Gasteiger partial charge in [-0.1, -0.05) is 35.9 Å². The van der Waals surface area contributed by atoms with Crippen LogP contribution in [0.15, 0.2) is 53.3 Å². The van der Waals surface area contributed by atoms with Gasteiger partial charge in [-0.25, -0.2) is 4.68 Å². The molecule has 2 aromatic carbocycles. The molecule has 0 aliphatic carbocycles. The highest BCUT2D eigenvalue weighted by Gasteiger charge is 2.08. The first-order valence-electron chi connectivity index (χ1n) is 8.16. The highest BCUT2D eigenvalue weighted by Crippen LogP contribution is 2.24. The molecule has 0 saturated carbocycles. The van der Waals surface area contributed by atoms with E-state index in [1.807, 2.05) is 18.2 Å². The van der Waals surface area contributed by atoms with E-state index >= 15 is 0 Å². The molecule has 3 rings (SSSR count). The molecule has 0 aliphatic heterocycles. The molecule has 0 N–H and O–H groups in total. The predicted molar refractivity (Wildman–Crippen MR) is 98.4 cm³/mol. The van der Waals surface area contributed by atoms with Crippen molar-refractivity contribution in [3.8, 4) is 11.3 Å². The van der Waals surface area contributed by atoms with Crippen molar-refractivity contribution in [1.82, 2.24) is 9.78 Å². The minimum absolute atomic E-state index is 0.0826. The lowest BCUT2D eigenvalue weighted by Crippen LogP contribution is -2.22. The lowest BCUT2D eigenvalue weighted by molar-refractivity contribution is 0.642. The average Bonchev–Trinajstić information content (AvgIpc) is 2.55. The van der Waals surface area contributed by atoms with Crippen LogP contribution >= 0.6 is 0 Å². The summed E-state index contributed by atoms with van der Waals surface area (Å²) in [6.07, 6.45) is 0. The SMILES string of the molecule is Cc1ccc(Cn2nc(-c3cc(C)c(C)cc3C)ccc2=O)cc1. The Labute approximate surface area is 142 Å². The van der Waals surface area contributed by atoms with Gasteiger partial charge in [0, 0.05) is 11.6 Å². The summed E-state index contributed by atoms with van der Waals surface area (Å²) in [6, 6.07) is 15.9. The minimum atomic E-state index is -0.0826. The van der Waals surface area contributed by atoms with Crippen LogP contribution in [0.25, 0.3) is 11.3 Å². The highest BCUT2D eigenvalue weighted by molar-refractivity contribution is 5.64. The van der Waals surface area contributed by atoms with Crippen LogP contribution in [-0.2, 0) is 6.54 Å². The molecule has 0 fully saturated rings. The largest absolute Gasteiger partial charge is 0.268 e. The van der Waals surface area contributed by atoms with Crippen molar-refractivity contribution in [3.05, 3.63) is 86.7 Å². The number of aromatic nitrogens is 2. The Kier molecular flexibility index (Phi) is 4.34. The number of aryl methyl sites for hydroxylation is 4. The Morgan fingerprint density at radius 1 is 0.833 bits per heavy atom. The van der Waals surface area contributed by atoms with Crippen molar-refractivity contribution in [2.45, 2.75) is 34.2 Å². The Balaban J connectivity index is 2.02. The fourth-order valence-corrected chi connectivity index (χ4v) is 2.81. The first-order valence-corrected chi connectivity index (χ1v) is 8.16. The molecule has 3 heteroatoms. The minimum Gasteiger partial charge on any atom is -0.268 e. The number of nitrogens with zero attached hydrogens (tertiary/aromatic N) is 2. The van der Waals surface area contributed by atoms with E-state index in [9.17, 15) is 4.79 Å². The zero-order valence-corrected chi connectivity index (χ0v) is 14.6. The van der Waals surface area contributed by atoms with Crippen LogP contribution in [-0.4, -0.2) is 9.78 Å². The maximum Gasteiger partial charge on any atom is 0.267 e. The van der Waals surface area contributed by atoms with E-state index in [2.05, 4.69) is 57.1 Å². The lowest BCUT2D eigenvalue weighted by Gasteiger charge is -2.11. The molecule has 3 nitrogen and oxygen atoms in total. The Hall–Kier alpha value is -2.68. The second-order valence-corrected chi connectivity index (χ2v) is 6.45. The molecule has 0 unspecified atom stereocenters. The molecule has 0 radical (unpaired) electrons. The number of hydrogen-bond donors (Lipinski definition) is 0. The zero-order valence-electron chi connectivity index (χ0n) is 14.6. The van der Waals surface area contributed by atoms with Gasteiger partial charge >= 0.3 is 0 Å². The number of benzene rings is 2. The predicted octanol–water partition coefficient (Wildman–Crippen LogP) is 4.19. The molecular weight excluding hydrogens is 296 g/mol. The van der Waals surface area contributed by atoms with E-state index in [1.54, 1.807) is 6.07 Å². The van der Waals surface area contributed by atoms with Crippen LogP contribution in [0.3, 0.4) is 0 Å². The van der Waals surface area contributed by atoms with Crippen molar-refractivity contribution < 1.29 is 0 Å². The molecule has 1 heterocycles. The Bertz CT molecular complexity index is 937. The van der Waals surface area contributed by atoms with Gasteiger partial charge in [-0.15, -0.1) is 0 Å². The first kappa shape index (κ1) is 16.2. The average molecular weight is 318 g/mol. The van der Waals surface area contributed by atoms with Crippen molar-refractivity contribution in [3.63, 3.8) is 0 Å². The highest BCUT2D eigenvalue weighted by atomic mass is 16.1. The van der Waals surface area contributed by atoms with Gasteiger partial charge in [0.15, 0.2) is 0 Å². The molecule has 3 aromatic rings. The van der Waals surface area contributed by atoms with E-state index in [-0.39, 0.29) is 5.56 Å². The van der Waals surface area contributed by atoms with Gasteiger partial charge in [-0.3, -0.25) is 4.79 Å². The van der Waals surface area contributed by atoms with Crippen LogP contribution in [0.1, 0.15) is 27.8 Å². The third-order valence-corrected chi connectivity index (χ3v) is 4.44. The monoisotopic (exact) mass is 318 g/mol. The summed E-state index contributed by atoms with van der Waals surface area (Å²) in [6.45, 7) is 8.82. The Morgan fingerprint density at radius 3 is 2.21 bits per heavy atom. The summed E-state index contributed by atoms with van der Waals surface area (Å²) in [5.41, 5.74) is 7.78. The first-order chi connectivity index (χ1) is 11.4. The quantitative estimate of drug-likeness (QED) is 0.725. The van der Waals surface area contributed by atoms with Crippen molar-refractivity contribution in [2.75, 3.05) is 0 Å². The van der Waals surface area contributed by atoms with Crippen molar-refractivity contribution in [1.29, 1.82) is 0 Å². The van der Waals surface area contributed by atoms with Gasteiger partial charge in [-0.05, 0) is 62.1 Å². The van der Waals surface area contributed by atoms with Gasteiger partial charge in [0.1, 0.15) is 0 Å². The summed E-state index contributed by atoms with van der Waals surface area (Å²) < 4.78 is 1.54. The maximum absolute atomic E-state index is 12.2. The molecule has 122 valence electrons. The zero-order chi connectivity index (χ0) is 17.3. The maximum atomic E-state index is 12.2. The van der Waals surface area contributed by atoms with Crippen LogP contribution in [0.4, 0.5) is 0 Å². The molecule has 0 saturated heterocycles. The Morgan fingerprint density at radius 2 is 1.50 bits per heavy atom. The molecule has 0 atom stereocenters. The topological polar surface area (TPSA) is 34.9 Å². The van der Waals surface area contributed by atoms with Gasteiger partial charge in [0.05, 0.1) is 12.2 Å². The lowest BCUT2D eigenvalue weighted by atomic mass is 9.99. The molecule has 0 aliphatic rings. The second kappa shape index (κ2) is 6.44. The standard InChI is InChI=1S/C21H22N2O/c1-14-5-7-18(8-6-14)13-23-21(24)10-9-20(22-23)19-12-16(3)15(2)11-17(19)4/h5-12H,13H2,1-4H3. The summed E-state index contributed by atoms with van der Waals surface area (Å²) >= 11 is 0. The number of rotatable bonds is 3. The normalized spacial score (nSPS) is 10.8. The van der Waals surface area contributed by atoms with Gasteiger partial charge in [0.2, 0.25) is 0 Å². The van der Waals surface area contributed by atoms with Crippen LogP contribution in [0.5, 0.6) is 0 Å². The number of hydrogen-bond acceptors (Lipinski definition) is 2. The van der Waals surface area contributed by atoms with Gasteiger partial charge < -0.3 is 0 Å². The van der Waals surface area contributed by atoms with Gasteiger partial charge in [0.25, 0.3) is 5.56 Å². The smallest absolute Gasteiger partial charge is 0.267 e. The van der Waals surface area contributed by atoms with Crippen LogP contribution in [0, 0.1) is 27.7 Å². The summed E-state index contributed by atoms with van der Waals surface area (Å²) in [5.74, 6) is 0.